The molecule has 0 N–H and O–H groups in total. The van der Waals surface area contributed by atoms with Crippen molar-refractivity contribution in [3.63, 3.8) is 0 Å². The van der Waals surface area contributed by atoms with E-state index in [4.69, 9.17) is 9.47 Å². The van der Waals surface area contributed by atoms with Gasteiger partial charge < -0.3 is 14.4 Å². The molecule has 356 valence electrons. The molecule has 1 fully saturated rings. The van der Waals surface area contributed by atoms with Crippen molar-refractivity contribution in [1.29, 1.82) is 0 Å². The van der Waals surface area contributed by atoms with Crippen LogP contribution < -0.4 is 9.64 Å². The monoisotopic (exact) mass is 965 g/mol. The number of hydrogen-bond donors (Lipinski definition) is 0. The first kappa shape index (κ1) is 44.1. The molecule has 1 saturated carbocycles. The fourth-order valence-electron chi connectivity index (χ4n) is 14.6. The maximum Gasteiger partial charge on any atom is 0.149 e. The minimum Gasteiger partial charge on any atom is -0.491 e. The second kappa shape index (κ2) is 17.0. The number of thioether (sulfide) groups is 1. The summed E-state index contributed by atoms with van der Waals surface area (Å²) in [6, 6.07) is 39.1. The van der Waals surface area contributed by atoms with Gasteiger partial charge in [0, 0.05) is 55.8 Å². The number of hydrogen-bond acceptors (Lipinski definition) is 5. The van der Waals surface area contributed by atoms with E-state index in [0.717, 1.165) is 60.5 Å². The van der Waals surface area contributed by atoms with Crippen LogP contribution in [0.5, 0.6) is 11.5 Å². The molecule has 71 heavy (non-hydrogen) atoms. The Morgan fingerprint density at radius 1 is 0.662 bits per heavy atom. The first-order valence-corrected chi connectivity index (χ1v) is 28.3. The lowest BCUT2D eigenvalue weighted by molar-refractivity contribution is 0.0117. The van der Waals surface area contributed by atoms with Crippen molar-refractivity contribution in [2.24, 2.45) is 23.7 Å². The summed E-state index contributed by atoms with van der Waals surface area (Å²) in [4.78, 5) is 6.43. The second-order valence-corrected chi connectivity index (χ2v) is 25.1. The van der Waals surface area contributed by atoms with Gasteiger partial charge in [0.2, 0.25) is 0 Å². The number of nitrogens with zero attached hydrogens (tertiary/aromatic N) is 1. The van der Waals surface area contributed by atoms with Crippen LogP contribution in [0.3, 0.4) is 0 Å². The lowest BCUT2D eigenvalue weighted by Crippen LogP contribution is -2.45. The molecule has 9 aliphatic rings. The Bertz CT molecular complexity index is 3230. The van der Waals surface area contributed by atoms with E-state index in [1.54, 1.807) is 11.1 Å². The van der Waals surface area contributed by atoms with Crippen LogP contribution in [-0.2, 0) is 15.6 Å². The van der Waals surface area contributed by atoms with Gasteiger partial charge in [-0.1, -0.05) is 173 Å². The van der Waals surface area contributed by atoms with E-state index >= 15 is 0 Å². The van der Waals surface area contributed by atoms with Crippen LogP contribution in [0, 0.1) is 23.7 Å². The first-order chi connectivity index (χ1) is 34.7. The largest absolute Gasteiger partial charge is 0.491 e. The van der Waals surface area contributed by atoms with Crippen LogP contribution in [0.1, 0.15) is 107 Å². The van der Waals surface area contributed by atoms with Crippen molar-refractivity contribution in [3.05, 3.63) is 208 Å². The minimum atomic E-state index is -0.0819. The van der Waals surface area contributed by atoms with Crippen molar-refractivity contribution < 1.29 is 9.47 Å². The van der Waals surface area contributed by atoms with E-state index in [9.17, 15) is 0 Å². The van der Waals surface area contributed by atoms with Crippen molar-refractivity contribution in [2.75, 3.05) is 4.90 Å². The molecule has 0 spiro atoms. The van der Waals surface area contributed by atoms with Gasteiger partial charge in [-0.2, -0.15) is 0 Å². The standard InChI is InChI=1S/C66H63NO2S2/c1-65(2)51-20-10-8-16-49(51)59-53(65)36-38-57-63(59)68-61-47(18-12-22-55(61)70-57)42-26-32-45(33-27-42)67(44-30-24-41(25-31-44)40-14-6-5-7-15-40)46-34-28-43(29-35-46)48-19-13-23-56-62(48)69-64-58(71-56)39-37-54-60(64)50-17-9-11-21-52(50)66(54,3)4/h5-14,16-18,20-27,30,32-34,36,38,40,43-44,48,54,58,60,64H,15,19,28-29,31,35,37,39H2,1-4H3. The Labute approximate surface area is 429 Å². The number of para-hydroxylation sites is 1. The summed E-state index contributed by atoms with van der Waals surface area (Å²) in [5.74, 6) is 5.79. The number of allylic oxidation sites excluding steroid dienone is 11. The maximum absolute atomic E-state index is 7.51. The van der Waals surface area contributed by atoms with Gasteiger partial charge in [0.1, 0.15) is 23.4 Å². The molecular formula is C66H63NO2S2. The Kier molecular flexibility index (Phi) is 10.6. The van der Waals surface area contributed by atoms with Crippen LogP contribution in [0.2, 0.25) is 0 Å². The predicted octanol–water partition coefficient (Wildman–Crippen LogP) is 17.6. The highest BCUT2D eigenvalue weighted by molar-refractivity contribution is 8.04. The van der Waals surface area contributed by atoms with E-state index in [-0.39, 0.29) is 23.0 Å². The molecule has 5 aromatic rings. The molecular weight excluding hydrogens is 903 g/mol. The summed E-state index contributed by atoms with van der Waals surface area (Å²) < 4.78 is 14.7. The normalized spacial score (nSPS) is 28.6. The van der Waals surface area contributed by atoms with E-state index in [1.807, 2.05) is 11.8 Å². The summed E-state index contributed by atoms with van der Waals surface area (Å²) in [7, 11) is 0. The lowest BCUT2D eigenvalue weighted by Gasteiger charge is -2.48. The van der Waals surface area contributed by atoms with Gasteiger partial charge >= 0.3 is 0 Å². The second-order valence-electron chi connectivity index (χ2n) is 22.7. The third kappa shape index (κ3) is 7.06. The average molecular weight is 966 g/mol. The van der Waals surface area contributed by atoms with Crippen molar-refractivity contribution in [3.8, 4) is 33.8 Å². The number of fused-ring (bicyclic) bond motifs is 11. The van der Waals surface area contributed by atoms with Gasteiger partial charge in [-0.25, -0.2) is 0 Å². The summed E-state index contributed by atoms with van der Waals surface area (Å²) >= 11 is 3.98. The minimum absolute atomic E-state index is 0.0819. The Morgan fingerprint density at radius 3 is 2.31 bits per heavy atom. The lowest BCUT2D eigenvalue weighted by atomic mass is 9.68. The topological polar surface area (TPSA) is 21.7 Å². The van der Waals surface area contributed by atoms with Crippen LogP contribution >= 0.6 is 23.5 Å². The quantitative estimate of drug-likeness (QED) is 0.165. The van der Waals surface area contributed by atoms with Crippen LogP contribution in [0.15, 0.2) is 196 Å². The number of benzene rings is 5. The van der Waals surface area contributed by atoms with E-state index in [2.05, 4.69) is 208 Å². The van der Waals surface area contributed by atoms with Crippen molar-refractivity contribution >= 4 is 29.2 Å². The molecule has 5 aromatic carbocycles. The van der Waals surface area contributed by atoms with Crippen LogP contribution in [0.4, 0.5) is 5.69 Å². The maximum atomic E-state index is 7.51. The number of anilines is 1. The Morgan fingerprint density at radius 2 is 1.49 bits per heavy atom. The Hall–Kier alpha value is -5.62. The zero-order valence-corrected chi connectivity index (χ0v) is 43.1. The molecule has 14 rings (SSSR count). The van der Waals surface area contributed by atoms with Crippen molar-refractivity contribution in [2.45, 2.75) is 123 Å². The molecule has 5 heteroatoms. The summed E-state index contributed by atoms with van der Waals surface area (Å²) in [6.45, 7) is 9.67. The molecule has 2 aliphatic heterocycles. The zero-order chi connectivity index (χ0) is 47.6. The highest BCUT2D eigenvalue weighted by atomic mass is 32.2. The fourth-order valence-corrected chi connectivity index (χ4v) is 17.1. The fraction of sp³-hybridized carbons (Fsp3) is 0.333. The van der Waals surface area contributed by atoms with Gasteiger partial charge in [0.25, 0.3) is 0 Å². The van der Waals surface area contributed by atoms with Gasteiger partial charge in [-0.05, 0) is 138 Å². The molecule has 8 atom stereocenters. The van der Waals surface area contributed by atoms with E-state index < -0.39 is 0 Å². The highest BCUT2D eigenvalue weighted by Gasteiger charge is 2.56. The van der Waals surface area contributed by atoms with Crippen LogP contribution in [0.25, 0.3) is 22.3 Å². The highest BCUT2D eigenvalue weighted by Crippen LogP contribution is 2.63. The third-order valence-corrected chi connectivity index (χ3v) is 20.8. The van der Waals surface area contributed by atoms with E-state index in [1.165, 1.54) is 73.2 Å². The molecule has 0 aromatic heterocycles. The molecule has 0 bridgehead atoms. The van der Waals surface area contributed by atoms with Gasteiger partial charge in [-0.3, -0.25) is 0 Å². The molecule has 0 radical (unpaired) electrons. The van der Waals surface area contributed by atoms with Crippen LogP contribution in [-0.4, -0.2) is 17.4 Å². The summed E-state index contributed by atoms with van der Waals surface area (Å²) in [5, 5.41) is 0.517. The van der Waals surface area contributed by atoms with Gasteiger partial charge in [0.05, 0.1) is 15.8 Å². The molecule has 8 unspecified atom stereocenters. The zero-order valence-electron chi connectivity index (χ0n) is 41.4. The molecule has 0 saturated heterocycles. The first-order valence-electron chi connectivity index (χ1n) is 26.6. The molecule has 0 amide bonds. The predicted molar refractivity (Wildman–Crippen MR) is 295 cm³/mol. The number of rotatable bonds is 6. The Balaban J connectivity index is 0.757. The molecule has 3 nitrogen and oxygen atoms in total. The number of ether oxygens (including phenoxy) is 2. The molecule has 7 aliphatic carbocycles. The smallest absolute Gasteiger partial charge is 0.149 e. The van der Waals surface area contributed by atoms with Crippen molar-refractivity contribution in [1.82, 2.24) is 0 Å². The summed E-state index contributed by atoms with van der Waals surface area (Å²) in [5.41, 5.74) is 14.9. The third-order valence-electron chi connectivity index (χ3n) is 18.3. The summed E-state index contributed by atoms with van der Waals surface area (Å²) in [6.07, 6.45) is 33.1. The van der Waals surface area contributed by atoms with Gasteiger partial charge in [-0.15, -0.1) is 11.8 Å². The molecule has 2 heterocycles. The average Bonchev–Trinajstić information content (AvgIpc) is 3.80. The van der Waals surface area contributed by atoms with E-state index in [0.29, 0.717) is 34.8 Å². The van der Waals surface area contributed by atoms with Gasteiger partial charge in [0.15, 0.2) is 0 Å². The SMILES string of the molecule is CC1(C)c2ccccc2-c2c1ccc1c2Oc2c(cccc2-c2ccc(N(C3=CCC(C4CC=CC5=C4OC4C(CCC6C4c4ccccc4C6(C)C)S5)CC3)C3C=CC(C4C=CC=CC4)=CC3)cc2)S1.